The number of aliphatic carboxylic acids is 1. The number of anilines is 1. The summed E-state index contributed by atoms with van der Waals surface area (Å²) in [7, 11) is 1.76. The predicted molar refractivity (Wildman–Crippen MR) is 68.8 cm³/mol. The van der Waals surface area contributed by atoms with Crippen molar-refractivity contribution in [3.05, 3.63) is 12.4 Å². The molecular weight excluding hydrogens is 248 g/mol. The highest BCUT2D eigenvalue weighted by atomic mass is 16.4. The second-order valence-corrected chi connectivity index (χ2v) is 5.04. The van der Waals surface area contributed by atoms with Gasteiger partial charge in [0.1, 0.15) is 0 Å². The van der Waals surface area contributed by atoms with Crippen LogP contribution in [0.25, 0.3) is 0 Å². The van der Waals surface area contributed by atoms with Crippen LogP contribution in [0.1, 0.15) is 32.1 Å². The van der Waals surface area contributed by atoms with Crippen molar-refractivity contribution in [2.45, 2.75) is 37.6 Å². The maximum Gasteiger partial charge on any atom is 0.319 e. The van der Waals surface area contributed by atoms with E-state index in [1.807, 2.05) is 0 Å². The van der Waals surface area contributed by atoms with Gasteiger partial charge >= 0.3 is 12.0 Å². The molecule has 1 aromatic rings. The third-order valence-corrected chi connectivity index (χ3v) is 3.39. The molecule has 0 unspecified atom stereocenters. The van der Waals surface area contributed by atoms with Crippen LogP contribution in [0.3, 0.4) is 0 Å². The minimum Gasteiger partial charge on any atom is -0.481 e. The fraction of sp³-hybridized carbons (Fsp3) is 0.583. The highest BCUT2D eigenvalue weighted by molar-refractivity contribution is 5.89. The number of carbonyl (C=O) groups excluding carboxylic acids is 1. The van der Waals surface area contributed by atoms with Crippen molar-refractivity contribution in [1.82, 2.24) is 15.1 Å². The van der Waals surface area contributed by atoms with Crippen LogP contribution in [0.5, 0.6) is 0 Å². The molecule has 3 N–H and O–H groups in total. The molecule has 1 heterocycles. The average molecular weight is 266 g/mol. The maximum absolute atomic E-state index is 11.9. The van der Waals surface area contributed by atoms with Gasteiger partial charge in [0.15, 0.2) is 0 Å². The Kier molecular flexibility index (Phi) is 3.73. The molecule has 1 aliphatic carbocycles. The first-order valence-corrected chi connectivity index (χ1v) is 6.29. The molecule has 19 heavy (non-hydrogen) atoms. The molecule has 1 saturated carbocycles. The summed E-state index contributed by atoms with van der Waals surface area (Å²) < 4.78 is 1.58. The van der Waals surface area contributed by atoms with Crippen molar-refractivity contribution in [2.24, 2.45) is 7.05 Å². The molecule has 0 atom stereocenters. The summed E-state index contributed by atoms with van der Waals surface area (Å²) >= 11 is 0. The summed E-state index contributed by atoms with van der Waals surface area (Å²) in [6.07, 6.45) is 6.49. The Bertz CT molecular complexity index is 477. The van der Waals surface area contributed by atoms with Crippen molar-refractivity contribution in [2.75, 3.05) is 5.32 Å². The Morgan fingerprint density at radius 1 is 1.47 bits per heavy atom. The highest BCUT2D eigenvalue weighted by Gasteiger charge is 2.37. The number of aromatic nitrogens is 2. The van der Waals surface area contributed by atoms with E-state index in [0.717, 1.165) is 12.8 Å². The standard InChI is InChI=1S/C12H18N4O3/c1-16-8-9(7-13-16)14-11(19)15-12(6-10(17)18)4-2-3-5-12/h7-8H,2-6H2,1H3,(H,17,18)(H2,14,15,19). The number of nitrogens with zero attached hydrogens (tertiary/aromatic N) is 2. The van der Waals surface area contributed by atoms with Gasteiger partial charge in [-0.25, -0.2) is 4.79 Å². The van der Waals surface area contributed by atoms with Crippen LogP contribution in [0.2, 0.25) is 0 Å². The molecule has 104 valence electrons. The first-order chi connectivity index (χ1) is 8.99. The van der Waals surface area contributed by atoms with Gasteiger partial charge in [-0.15, -0.1) is 0 Å². The van der Waals surface area contributed by atoms with Crippen molar-refractivity contribution in [3.63, 3.8) is 0 Å². The number of carboxylic acids is 1. The summed E-state index contributed by atoms with van der Waals surface area (Å²) in [4.78, 5) is 22.8. The number of hydrogen-bond acceptors (Lipinski definition) is 3. The van der Waals surface area contributed by atoms with E-state index in [0.29, 0.717) is 18.5 Å². The summed E-state index contributed by atoms with van der Waals surface area (Å²) in [6, 6.07) is -0.379. The molecule has 0 aliphatic heterocycles. The minimum atomic E-state index is -0.886. The Balaban J connectivity index is 1.97. The molecule has 0 saturated heterocycles. The zero-order chi connectivity index (χ0) is 13.9. The van der Waals surface area contributed by atoms with Crippen LogP contribution in [0, 0.1) is 0 Å². The summed E-state index contributed by atoms with van der Waals surface area (Å²) in [5, 5.41) is 18.4. The quantitative estimate of drug-likeness (QED) is 0.766. The number of rotatable bonds is 4. The van der Waals surface area contributed by atoms with Crippen molar-refractivity contribution >= 4 is 17.7 Å². The molecule has 7 nitrogen and oxygen atoms in total. The molecule has 1 aromatic heterocycles. The van der Waals surface area contributed by atoms with Crippen LogP contribution in [-0.4, -0.2) is 32.4 Å². The Labute approximate surface area is 111 Å². The molecule has 0 aromatic carbocycles. The van der Waals surface area contributed by atoms with E-state index in [4.69, 9.17) is 5.11 Å². The van der Waals surface area contributed by atoms with Gasteiger partial charge in [-0.2, -0.15) is 5.10 Å². The van der Waals surface area contributed by atoms with E-state index in [2.05, 4.69) is 15.7 Å². The van der Waals surface area contributed by atoms with E-state index in [9.17, 15) is 9.59 Å². The van der Waals surface area contributed by atoms with E-state index in [1.165, 1.54) is 6.20 Å². The maximum atomic E-state index is 11.9. The van der Waals surface area contributed by atoms with Gasteiger partial charge in [0.2, 0.25) is 0 Å². The lowest BCUT2D eigenvalue weighted by molar-refractivity contribution is -0.138. The lowest BCUT2D eigenvalue weighted by Crippen LogP contribution is -2.49. The molecule has 0 spiro atoms. The van der Waals surface area contributed by atoms with E-state index < -0.39 is 11.5 Å². The zero-order valence-electron chi connectivity index (χ0n) is 10.8. The molecule has 1 aliphatic rings. The van der Waals surface area contributed by atoms with Crippen molar-refractivity contribution in [1.29, 1.82) is 0 Å². The van der Waals surface area contributed by atoms with Crippen molar-refractivity contribution in [3.8, 4) is 0 Å². The van der Waals surface area contributed by atoms with Crippen molar-refractivity contribution < 1.29 is 14.7 Å². The molecule has 1 fully saturated rings. The fourth-order valence-electron chi connectivity index (χ4n) is 2.58. The number of urea groups is 1. The SMILES string of the molecule is Cn1cc(NC(=O)NC2(CC(=O)O)CCCC2)cn1. The third-order valence-electron chi connectivity index (χ3n) is 3.39. The lowest BCUT2D eigenvalue weighted by atomic mass is 9.93. The van der Waals surface area contributed by atoms with Crippen LogP contribution in [0.4, 0.5) is 10.5 Å². The molecule has 7 heteroatoms. The van der Waals surface area contributed by atoms with Gasteiger partial charge in [0, 0.05) is 13.2 Å². The number of hydrogen-bond donors (Lipinski definition) is 3. The van der Waals surface area contributed by atoms with Gasteiger partial charge in [-0.05, 0) is 12.8 Å². The zero-order valence-corrected chi connectivity index (χ0v) is 10.8. The van der Waals surface area contributed by atoms with E-state index >= 15 is 0 Å². The van der Waals surface area contributed by atoms with Crippen LogP contribution < -0.4 is 10.6 Å². The fourth-order valence-corrected chi connectivity index (χ4v) is 2.58. The Morgan fingerprint density at radius 2 is 2.16 bits per heavy atom. The average Bonchev–Trinajstić information content (AvgIpc) is 2.87. The topological polar surface area (TPSA) is 96.2 Å². The van der Waals surface area contributed by atoms with Gasteiger partial charge in [-0.3, -0.25) is 9.48 Å². The minimum absolute atomic E-state index is 0.0343. The van der Waals surface area contributed by atoms with Gasteiger partial charge in [0.05, 0.1) is 23.8 Å². The second kappa shape index (κ2) is 5.29. The number of aryl methyl sites for hydroxylation is 1. The first-order valence-electron chi connectivity index (χ1n) is 6.29. The number of amides is 2. The number of nitrogens with one attached hydrogen (secondary N) is 2. The Morgan fingerprint density at radius 3 is 2.68 bits per heavy atom. The van der Waals surface area contributed by atoms with Gasteiger partial charge in [-0.1, -0.05) is 12.8 Å². The van der Waals surface area contributed by atoms with Gasteiger partial charge < -0.3 is 15.7 Å². The second-order valence-electron chi connectivity index (χ2n) is 5.04. The van der Waals surface area contributed by atoms with Crippen LogP contribution in [-0.2, 0) is 11.8 Å². The smallest absolute Gasteiger partial charge is 0.319 e. The molecular formula is C12H18N4O3. The molecule has 2 rings (SSSR count). The van der Waals surface area contributed by atoms with E-state index in [-0.39, 0.29) is 12.5 Å². The van der Waals surface area contributed by atoms with Crippen LogP contribution >= 0.6 is 0 Å². The first kappa shape index (κ1) is 13.4. The van der Waals surface area contributed by atoms with Crippen LogP contribution in [0.15, 0.2) is 12.4 Å². The predicted octanol–water partition coefficient (Wildman–Crippen LogP) is 1.33. The largest absolute Gasteiger partial charge is 0.481 e. The molecule has 0 radical (unpaired) electrons. The summed E-state index contributed by atoms with van der Waals surface area (Å²) in [6.45, 7) is 0. The monoisotopic (exact) mass is 266 g/mol. The van der Waals surface area contributed by atoms with Gasteiger partial charge in [0.25, 0.3) is 0 Å². The number of carboxylic acid groups (broad SMARTS) is 1. The third kappa shape index (κ3) is 3.46. The highest BCUT2D eigenvalue weighted by Crippen LogP contribution is 2.32. The van der Waals surface area contributed by atoms with E-state index in [1.54, 1.807) is 17.9 Å². The lowest BCUT2D eigenvalue weighted by Gasteiger charge is -2.28. The molecule has 2 amide bonds. The number of carbonyl (C=O) groups is 2. The summed E-state index contributed by atoms with van der Waals surface area (Å²) in [5.41, 5.74) is -0.0264. The molecule has 0 bridgehead atoms. The summed E-state index contributed by atoms with van der Waals surface area (Å²) in [5.74, 6) is -0.886. The normalized spacial score (nSPS) is 17.1. The Hall–Kier alpha value is -2.05.